The summed E-state index contributed by atoms with van der Waals surface area (Å²) in [7, 11) is 0. The number of ether oxygens (including phenoxy) is 1. The van der Waals surface area contributed by atoms with Crippen molar-refractivity contribution in [1.29, 1.82) is 0 Å². The Balaban J connectivity index is 1.02. The normalized spacial score (nSPS) is 13.4. The molecule has 1 aliphatic rings. The SMILES string of the molecule is CC(C)(C)c1cc(N2CN(c3cccc(Oc4ccc5c6cc(C(C)(C)C)ccc6n(-c6cc(C(C)(C)c7ccccc7)ccn6)c5c4)c3)c3ccccc32)cc(C(C)(C)c2ccccc2)c1. The van der Waals surface area contributed by atoms with Gasteiger partial charge in [0, 0.05) is 51.3 Å². The molecule has 0 spiro atoms. The Kier molecular flexibility index (Phi) is 10.7. The first kappa shape index (κ1) is 43.8. The van der Waals surface area contributed by atoms with Crippen LogP contribution < -0.4 is 14.5 Å². The molecule has 0 N–H and O–H groups in total. The van der Waals surface area contributed by atoms with Gasteiger partial charge in [-0.3, -0.25) is 4.57 Å². The van der Waals surface area contributed by atoms with Crippen LogP contribution in [0.15, 0.2) is 182 Å². The van der Waals surface area contributed by atoms with E-state index in [-0.39, 0.29) is 21.7 Å². The number of nitrogens with zero attached hydrogens (tertiary/aromatic N) is 4. The summed E-state index contributed by atoms with van der Waals surface area (Å²) in [5, 5.41) is 2.36. The van der Waals surface area contributed by atoms with E-state index < -0.39 is 0 Å². The second-order valence-corrected chi connectivity index (χ2v) is 21.5. The molecular formula is C62H62N4O. The minimum absolute atomic E-state index is 0.000129. The standard InChI is InChI=1S/C62H62N4O/c1-59(2,3)44-28-31-54-53(37-44)52-30-29-51(40-57(52)66(54)58-38-45(32-33-63-58)61(7,8)42-20-13-11-14-21-42)67-50-25-19-24-48(39-50)64-41-65(56-27-18-17-26-55(56)64)49-35-46(60(4,5)6)34-47(36-49)62(9,10)43-22-15-12-16-23-43/h11-40H,41H2,1-10H3. The minimum atomic E-state index is -0.220. The van der Waals surface area contributed by atoms with Crippen LogP contribution in [-0.2, 0) is 21.7 Å². The Hall–Kier alpha value is -7.11. The number of hydrogen-bond acceptors (Lipinski definition) is 4. The van der Waals surface area contributed by atoms with Crippen LogP contribution in [0, 0.1) is 0 Å². The van der Waals surface area contributed by atoms with Crippen LogP contribution in [0.3, 0.4) is 0 Å². The van der Waals surface area contributed by atoms with Gasteiger partial charge in [0.25, 0.3) is 0 Å². The lowest BCUT2D eigenvalue weighted by Gasteiger charge is -2.31. The van der Waals surface area contributed by atoms with Gasteiger partial charge < -0.3 is 14.5 Å². The molecule has 0 bridgehead atoms. The molecule has 0 saturated heterocycles. The van der Waals surface area contributed by atoms with Crippen molar-refractivity contribution in [3.63, 3.8) is 0 Å². The highest BCUT2D eigenvalue weighted by Crippen LogP contribution is 2.47. The van der Waals surface area contributed by atoms with Crippen LogP contribution in [0.5, 0.6) is 11.5 Å². The van der Waals surface area contributed by atoms with Gasteiger partial charge in [-0.05, 0) is 117 Å². The van der Waals surface area contributed by atoms with Gasteiger partial charge in [0.15, 0.2) is 0 Å². The summed E-state index contributed by atoms with van der Waals surface area (Å²) >= 11 is 0. The molecule has 5 nitrogen and oxygen atoms in total. The van der Waals surface area contributed by atoms with E-state index in [1.54, 1.807) is 0 Å². The first-order valence-corrected chi connectivity index (χ1v) is 23.7. The first-order valence-electron chi connectivity index (χ1n) is 23.7. The van der Waals surface area contributed by atoms with Crippen molar-refractivity contribution in [1.82, 2.24) is 9.55 Å². The van der Waals surface area contributed by atoms with E-state index in [1.807, 2.05) is 6.20 Å². The highest BCUT2D eigenvalue weighted by atomic mass is 16.5. The summed E-state index contributed by atoms with van der Waals surface area (Å²) in [6.07, 6.45) is 1.95. The van der Waals surface area contributed by atoms with Gasteiger partial charge in [0.05, 0.1) is 22.4 Å². The third-order valence-electron chi connectivity index (χ3n) is 14.2. The van der Waals surface area contributed by atoms with Gasteiger partial charge in [-0.2, -0.15) is 0 Å². The van der Waals surface area contributed by atoms with E-state index in [4.69, 9.17) is 9.72 Å². The summed E-state index contributed by atoms with van der Waals surface area (Å²) in [6, 6.07) is 63.9. The smallest absolute Gasteiger partial charge is 0.137 e. The Labute approximate surface area is 397 Å². The number of fused-ring (bicyclic) bond motifs is 4. The largest absolute Gasteiger partial charge is 0.457 e. The van der Waals surface area contributed by atoms with Crippen LogP contribution in [0.1, 0.15) is 103 Å². The fraction of sp³-hybridized carbons (Fsp3) is 0.242. The predicted molar refractivity (Wildman–Crippen MR) is 282 cm³/mol. The molecule has 0 saturated carbocycles. The fourth-order valence-corrected chi connectivity index (χ4v) is 9.82. The Bertz CT molecular complexity index is 3280. The minimum Gasteiger partial charge on any atom is -0.457 e. The summed E-state index contributed by atoms with van der Waals surface area (Å²) in [6.45, 7) is 23.7. The average Bonchev–Trinajstić information content (AvgIpc) is 3.87. The predicted octanol–water partition coefficient (Wildman–Crippen LogP) is 16.5. The molecule has 0 radical (unpaired) electrons. The van der Waals surface area contributed by atoms with E-state index in [1.165, 1.54) is 50.1 Å². The van der Waals surface area contributed by atoms with Gasteiger partial charge in [-0.25, -0.2) is 4.98 Å². The molecule has 0 unspecified atom stereocenters. The Morgan fingerprint density at radius 1 is 0.403 bits per heavy atom. The van der Waals surface area contributed by atoms with E-state index in [2.05, 4.69) is 260 Å². The van der Waals surface area contributed by atoms with Crippen LogP contribution in [0.25, 0.3) is 27.6 Å². The summed E-state index contributed by atoms with van der Waals surface area (Å²) in [5.74, 6) is 2.42. The molecule has 7 aromatic carbocycles. The van der Waals surface area contributed by atoms with Crippen molar-refractivity contribution < 1.29 is 4.74 Å². The molecule has 1 aliphatic heterocycles. The maximum Gasteiger partial charge on any atom is 0.137 e. The lowest BCUT2D eigenvalue weighted by atomic mass is 9.75. The zero-order valence-electron chi connectivity index (χ0n) is 40.7. The average molecular weight is 879 g/mol. The monoisotopic (exact) mass is 878 g/mol. The van der Waals surface area contributed by atoms with Crippen molar-refractivity contribution in [3.8, 4) is 17.3 Å². The third kappa shape index (κ3) is 8.05. The molecule has 10 rings (SSSR count). The molecule has 336 valence electrons. The van der Waals surface area contributed by atoms with Gasteiger partial charge in [0.2, 0.25) is 0 Å². The molecule has 0 amide bonds. The number of benzene rings is 7. The van der Waals surface area contributed by atoms with Gasteiger partial charge in [-0.15, -0.1) is 0 Å². The van der Waals surface area contributed by atoms with Crippen LogP contribution in [0.4, 0.5) is 22.7 Å². The van der Waals surface area contributed by atoms with E-state index >= 15 is 0 Å². The lowest BCUT2D eigenvalue weighted by Crippen LogP contribution is -2.26. The molecule has 9 aromatic rings. The molecule has 0 fully saturated rings. The summed E-state index contributed by atoms with van der Waals surface area (Å²) in [4.78, 5) is 9.90. The van der Waals surface area contributed by atoms with E-state index in [9.17, 15) is 0 Å². The maximum absolute atomic E-state index is 6.86. The molecule has 0 aliphatic carbocycles. The zero-order valence-corrected chi connectivity index (χ0v) is 40.7. The number of aromatic nitrogens is 2. The van der Waals surface area contributed by atoms with Crippen molar-refractivity contribution in [2.45, 2.75) is 90.9 Å². The van der Waals surface area contributed by atoms with Gasteiger partial charge in [0.1, 0.15) is 24.0 Å². The number of rotatable bonds is 9. The topological polar surface area (TPSA) is 33.5 Å². The molecular weight excluding hydrogens is 817 g/mol. The first-order chi connectivity index (χ1) is 32.0. The van der Waals surface area contributed by atoms with Crippen molar-refractivity contribution in [2.75, 3.05) is 16.5 Å². The van der Waals surface area contributed by atoms with Crippen molar-refractivity contribution >= 4 is 44.6 Å². The molecule has 3 heterocycles. The Morgan fingerprint density at radius 2 is 1.00 bits per heavy atom. The molecule has 5 heteroatoms. The molecule has 2 aromatic heterocycles. The quantitative estimate of drug-likeness (QED) is 0.145. The summed E-state index contributed by atoms with van der Waals surface area (Å²) < 4.78 is 9.17. The highest BCUT2D eigenvalue weighted by Gasteiger charge is 2.32. The third-order valence-corrected chi connectivity index (χ3v) is 14.2. The van der Waals surface area contributed by atoms with Gasteiger partial charge >= 0.3 is 0 Å². The van der Waals surface area contributed by atoms with Crippen molar-refractivity contribution in [2.24, 2.45) is 0 Å². The number of para-hydroxylation sites is 2. The number of pyridine rings is 1. The zero-order chi connectivity index (χ0) is 46.9. The summed E-state index contributed by atoms with van der Waals surface area (Å²) in [5.41, 5.74) is 14.0. The van der Waals surface area contributed by atoms with Gasteiger partial charge in [-0.1, -0.05) is 160 Å². The highest BCUT2D eigenvalue weighted by molar-refractivity contribution is 6.10. The molecule has 0 atom stereocenters. The van der Waals surface area contributed by atoms with E-state index in [0.29, 0.717) is 6.67 Å². The second-order valence-electron chi connectivity index (χ2n) is 21.5. The number of anilines is 4. The lowest BCUT2D eigenvalue weighted by molar-refractivity contribution is 0.483. The van der Waals surface area contributed by atoms with Crippen molar-refractivity contribution in [3.05, 3.63) is 216 Å². The van der Waals surface area contributed by atoms with Crippen LogP contribution in [-0.4, -0.2) is 16.2 Å². The number of hydrogen-bond donors (Lipinski definition) is 0. The fourth-order valence-electron chi connectivity index (χ4n) is 9.82. The maximum atomic E-state index is 6.86. The van der Waals surface area contributed by atoms with E-state index in [0.717, 1.165) is 45.1 Å². The van der Waals surface area contributed by atoms with Crippen LogP contribution in [0.2, 0.25) is 0 Å². The second kappa shape index (κ2) is 16.3. The Morgan fingerprint density at radius 3 is 1.66 bits per heavy atom. The molecule has 67 heavy (non-hydrogen) atoms. The van der Waals surface area contributed by atoms with Crippen LogP contribution >= 0.6 is 0 Å².